The lowest BCUT2D eigenvalue weighted by molar-refractivity contribution is -0.116. The Kier molecular flexibility index (Phi) is 4.88. The van der Waals surface area contributed by atoms with Crippen molar-refractivity contribution in [3.8, 4) is 5.75 Å². The van der Waals surface area contributed by atoms with E-state index in [1.807, 2.05) is 18.2 Å². The van der Waals surface area contributed by atoms with E-state index in [9.17, 15) is 4.79 Å². The first kappa shape index (κ1) is 14.7. The minimum atomic E-state index is -0.753. The van der Waals surface area contributed by atoms with Gasteiger partial charge in [-0.1, -0.05) is 41.9 Å². The summed E-state index contributed by atoms with van der Waals surface area (Å²) in [5, 5.41) is 2.40. The maximum atomic E-state index is 12.1. The summed E-state index contributed by atoms with van der Waals surface area (Å²) < 4.78 is 5.05. The lowest BCUT2D eigenvalue weighted by Crippen LogP contribution is -2.17. The van der Waals surface area contributed by atoms with E-state index in [0.29, 0.717) is 16.5 Å². The molecule has 1 amide bonds. The Hall–Kier alpha value is -1.71. The molecular weight excluding hydrogens is 297 g/mol. The number of nitrogens with one attached hydrogen (secondary N) is 1. The molecule has 0 saturated heterocycles. The molecule has 3 nitrogen and oxygen atoms in total. The van der Waals surface area contributed by atoms with Gasteiger partial charge in [-0.15, -0.1) is 11.6 Å². The monoisotopic (exact) mass is 309 g/mol. The van der Waals surface area contributed by atoms with Crippen LogP contribution in [0, 0.1) is 0 Å². The van der Waals surface area contributed by atoms with Crippen molar-refractivity contribution in [1.29, 1.82) is 0 Å². The number of anilines is 1. The third kappa shape index (κ3) is 3.44. The summed E-state index contributed by atoms with van der Waals surface area (Å²) in [6, 6.07) is 14.2. The Morgan fingerprint density at radius 3 is 2.50 bits per heavy atom. The molecule has 0 bridgehead atoms. The van der Waals surface area contributed by atoms with Crippen LogP contribution in [-0.2, 0) is 4.79 Å². The van der Waals surface area contributed by atoms with Crippen LogP contribution >= 0.6 is 23.2 Å². The first-order valence-corrected chi connectivity index (χ1v) is 6.76. The Balaban J connectivity index is 2.10. The number of carbonyl (C=O) groups excluding carboxylic acids is 1. The van der Waals surface area contributed by atoms with E-state index in [1.54, 1.807) is 30.3 Å². The third-order valence-electron chi connectivity index (χ3n) is 2.74. The van der Waals surface area contributed by atoms with Crippen LogP contribution in [0.15, 0.2) is 48.5 Å². The van der Waals surface area contributed by atoms with E-state index >= 15 is 0 Å². The molecule has 0 aromatic heterocycles. The molecule has 1 N–H and O–H groups in total. The van der Waals surface area contributed by atoms with Gasteiger partial charge in [0.05, 0.1) is 12.1 Å². The van der Waals surface area contributed by atoms with E-state index in [2.05, 4.69) is 5.32 Å². The maximum absolute atomic E-state index is 12.1. The molecule has 0 spiro atoms. The molecule has 0 fully saturated rings. The van der Waals surface area contributed by atoms with Crippen LogP contribution in [0.1, 0.15) is 10.9 Å². The SMILES string of the molecule is COc1ccc(NC(=O)[C@@H](Cl)c2ccccc2)cc1Cl. The van der Waals surface area contributed by atoms with Gasteiger partial charge in [0, 0.05) is 5.69 Å². The van der Waals surface area contributed by atoms with E-state index in [4.69, 9.17) is 27.9 Å². The van der Waals surface area contributed by atoms with Gasteiger partial charge in [-0.05, 0) is 23.8 Å². The predicted octanol–water partition coefficient (Wildman–Crippen LogP) is 4.27. The molecule has 0 aliphatic heterocycles. The molecule has 104 valence electrons. The molecule has 20 heavy (non-hydrogen) atoms. The largest absolute Gasteiger partial charge is 0.495 e. The summed E-state index contributed by atoms with van der Waals surface area (Å²) in [6.07, 6.45) is 0. The number of hydrogen-bond donors (Lipinski definition) is 1. The summed E-state index contributed by atoms with van der Waals surface area (Å²) in [5.74, 6) is 0.245. The van der Waals surface area contributed by atoms with Crippen molar-refractivity contribution in [3.63, 3.8) is 0 Å². The number of benzene rings is 2. The zero-order chi connectivity index (χ0) is 14.5. The fourth-order valence-electron chi connectivity index (χ4n) is 1.72. The second-order valence-electron chi connectivity index (χ2n) is 4.11. The summed E-state index contributed by atoms with van der Waals surface area (Å²) in [4.78, 5) is 12.1. The predicted molar refractivity (Wildman–Crippen MR) is 81.7 cm³/mol. The lowest BCUT2D eigenvalue weighted by Gasteiger charge is -2.12. The molecule has 1 atom stereocenters. The molecule has 2 rings (SSSR count). The van der Waals surface area contributed by atoms with Crippen LogP contribution in [0.4, 0.5) is 5.69 Å². The smallest absolute Gasteiger partial charge is 0.246 e. The van der Waals surface area contributed by atoms with Crippen molar-refractivity contribution in [2.45, 2.75) is 5.38 Å². The lowest BCUT2D eigenvalue weighted by atomic mass is 10.1. The molecule has 0 aliphatic rings. The van der Waals surface area contributed by atoms with Gasteiger partial charge in [-0.2, -0.15) is 0 Å². The van der Waals surface area contributed by atoms with Crippen LogP contribution in [0.3, 0.4) is 0 Å². The highest BCUT2D eigenvalue weighted by atomic mass is 35.5. The molecule has 5 heteroatoms. The van der Waals surface area contributed by atoms with Gasteiger partial charge in [-0.3, -0.25) is 4.79 Å². The van der Waals surface area contributed by atoms with Crippen LogP contribution in [0.25, 0.3) is 0 Å². The fourth-order valence-corrected chi connectivity index (χ4v) is 2.18. The minimum absolute atomic E-state index is 0.306. The first-order chi connectivity index (χ1) is 9.61. The van der Waals surface area contributed by atoms with Crippen molar-refractivity contribution < 1.29 is 9.53 Å². The van der Waals surface area contributed by atoms with E-state index in [0.717, 1.165) is 5.56 Å². The molecule has 2 aromatic carbocycles. The molecule has 2 aromatic rings. The van der Waals surface area contributed by atoms with Crippen molar-refractivity contribution in [2.24, 2.45) is 0 Å². The van der Waals surface area contributed by atoms with Crippen molar-refractivity contribution in [2.75, 3.05) is 12.4 Å². The van der Waals surface area contributed by atoms with Crippen LogP contribution in [0.2, 0.25) is 5.02 Å². The van der Waals surface area contributed by atoms with Crippen molar-refractivity contribution in [3.05, 3.63) is 59.1 Å². The Morgan fingerprint density at radius 1 is 1.20 bits per heavy atom. The molecule has 0 saturated carbocycles. The number of ether oxygens (including phenoxy) is 1. The fraction of sp³-hybridized carbons (Fsp3) is 0.133. The topological polar surface area (TPSA) is 38.3 Å². The average molecular weight is 310 g/mol. The van der Waals surface area contributed by atoms with Crippen LogP contribution < -0.4 is 10.1 Å². The van der Waals surface area contributed by atoms with E-state index in [1.165, 1.54) is 7.11 Å². The number of alkyl halides is 1. The quantitative estimate of drug-likeness (QED) is 0.857. The second kappa shape index (κ2) is 6.64. The number of amides is 1. The van der Waals surface area contributed by atoms with Gasteiger partial charge >= 0.3 is 0 Å². The van der Waals surface area contributed by atoms with Gasteiger partial charge in [0.15, 0.2) is 0 Å². The maximum Gasteiger partial charge on any atom is 0.246 e. The summed E-state index contributed by atoms with van der Waals surface area (Å²) in [6.45, 7) is 0. The van der Waals surface area contributed by atoms with Gasteiger partial charge in [0.1, 0.15) is 11.1 Å². The number of rotatable bonds is 4. The van der Waals surface area contributed by atoms with Gasteiger partial charge in [0.25, 0.3) is 0 Å². The number of hydrogen-bond acceptors (Lipinski definition) is 2. The van der Waals surface area contributed by atoms with Gasteiger partial charge < -0.3 is 10.1 Å². The summed E-state index contributed by atoms with van der Waals surface area (Å²) >= 11 is 12.1. The van der Waals surface area contributed by atoms with E-state index in [-0.39, 0.29) is 5.91 Å². The number of halogens is 2. The highest BCUT2D eigenvalue weighted by molar-refractivity contribution is 6.33. The Bertz CT molecular complexity index is 602. The van der Waals surface area contributed by atoms with Crippen molar-refractivity contribution >= 4 is 34.8 Å². The Labute approximate surface area is 127 Å². The molecule has 0 radical (unpaired) electrons. The highest BCUT2D eigenvalue weighted by Crippen LogP contribution is 2.28. The number of carbonyl (C=O) groups is 1. The van der Waals surface area contributed by atoms with Gasteiger partial charge in [-0.25, -0.2) is 0 Å². The average Bonchev–Trinajstić information content (AvgIpc) is 2.47. The molecular formula is C15H13Cl2NO2. The van der Waals surface area contributed by atoms with Crippen LogP contribution in [-0.4, -0.2) is 13.0 Å². The summed E-state index contributed by atoms with van der Waals surface area (Å²) in [5.41, 5.74) is 1.31. The molecule has 0 aliphatic carbocycles. The zero-order valence-electron chi connectivity index (χ0n) is 10.8. The second-order valence-corrected chi connectivity index (χ2v) is 4.96. The minimum Gasteiger partial charge on any atom is -0.495 e. The number of methoxy groups -OCH3 is 1. The summed E-state index contributed by atoms with van der Waals surface area (Å²) in [7, 11) is 1.53. The third-order valence-corrected chi connectivity index (χ3v) is 3.49. The zero-order valence-corrected chi connectivity index (χ0v) is 12.3. The van der Waals surface area contributed by atoms with Gasteiger partial charge in [0.2, 0.25) is 5.91 Å². The first-order valence-electron chi connectivity index (χ1n) is 5.95. The molecule has 0 heterocycles. The Morgan fingerprint density at radius 2 is 1.90 bits per heavy atom. The van der Waals surface area contributed by atoms with Crippen LogP contribution in [0.5, 0.6) is 5.75 Å². The molecule has 0 unspecified atom stereocenters. The standard InChI is InChI=1S/C15H13Cl2NO2/c1-20-13-8-7-11(9-12(13)16)18-15(19)14(17)10-5-3-2-4-6-10/h2-9,14H,1H3,(H,18,19)/t14-/m0/s1. The van der Waals surface area contributed by atoms with E-state index < -0.39 is 5.38 Å². The highest BCUT2D eigenvalue weighted by Gasteiger charge is 2.17. The normalized spacial score (nSPS) is 11.8. The van der Waals surface area contributed by atoms with Crippen molar-refractivity contribution in [1.82, 2.24) is 0 Å².